The van der Waals surface area contributed by atoms with Crippen LogP contribution in [0, 0.1) is 0 Å². The van der Waals surface area contributed by atoms with Gasteiger partial charge in [-0.2, -0.15) is 0 Å². The summed E-state index contributed by atoms with van der Waals surface area (Å²) in [6.45, 7) is 0. The van der Waals surface area contributed by atoms with E-state index in [1.807, 2.05) is 0 Å². The van der Waals surface area contributed by atoms with Crippen LogP contribution in [0.3, 0.4) is 0 Å². The first kappa shape index (κ1) is 5.31. The normalized spacial score (nSPS) is 9.29. The van der Waals surface area contributed by atoms with Crippen LogP contribution in [0.25, 0.3) is 0 Å². The Balaban J connectivity index is 3.04. The molecule has 4 heteroatoms. The molecule has 1 heterocycles. The molecule has 1 rings (SSSR count). The van der Waals surface area contributed by atoms with Gasteiger partial charge >= 0.3 is 0 Å². The lowest BCUT2D eigenvalue weighted by Crippen LogP contribution is -1.89. The van der Waals surface area contributed by atoms with E-state index in [4.69, 9.17) is 7.85 Å². The van der Waals surface area contributed by atoms with E-state index in [2.05, 4.69) is 20.9 Å². The molecule has 0 bridgehead atoms. The third kappa shape index (κ3) is 1.28. The third-order valence-corrected chi connectivity index (χ3v) is 1.80. The molecule has 0 amide bonds. The second kappa shape index (κ2) is 1.96. The Kier molecular flexibility index (Phi) is 1.49. The van der Waals surface area contributed by atoms with Gasteiger partial charge in [0.25, 0.3) is 0 Å². The first-order chi connectivity index (χ1) is 3.29. The molecular formula is C3HBBrNS. The predicted molar refractivity (Wildman–Crippen MR) is 35.2 cm³/mol. The quantitative estimate of drug-likeness (QED) is 0.527. The average Bonchev–Trinajstić information content (AvgIpc) is 1.87. The van der Waals surface area contributed by atoms with E-state index in [1.165, 1.54) is 11.3 Å². The molecule has 0 aliphatic carbocycles. The summed E-state index contributed by atoms with van der Waals surface area (Å²) in [5.74, 6) is 0. The van der Waals surface area contributed by atoms with Gasteiger partial charge in [-0.3, -0.25) is 0 Å². The van der Waals surface area contributed by atoms with E-state index < -0.39 is 0 Å². The number of hydrogen-bond donors (Lipinski definition) is 0. The number of aromatic nitrogens is 1. The van der Waals surface area contributed by atoms with Crippen molar-refractivity contribution in [2.75, 3.05) is 0 Å². The second-order valence-corrected chi connectivity index (χ2v) is 3.35. The molecule has 0 aliphatic heterocycles. The van der Waals surface area contributed by atoms with E-state index in [0.717, 1.165) is 8.69 Å². The minimum atomic E-state index is 0.742. The van der Waals surface area contributed by atoms with Gasteiger partial charge in [-0.15, -0.1) is 11.3 Å². The first-order valence-corrected chi connectivity index (χ1v) is 3.27. The molecule has 0 fully saturated rings. The third-order valence-electron chi connectivity index (χ3n) is 0.495. The minimum absolute atomic E-state index is 0.742. The Morgan fingerprint density at radius 2 is 2.57 bits per heavy atom. The van der Waals surface area contributed by atoms with Crippen LogP contribution in [0.15, 0.2) is 10.1 Å². The van der Waals surface area contributed by atoms with Crippen LogP contribution in [0.1, 0.15) is 0 Å². The van der Waals surface area contributed by atoms with E-state index in [9.17, 15) is 0 Å². The van der Waals surface area contributed by atoms with Crippen molar-refractivity contribution >= 4 is 39.9 Å². The fourth-order valence-corrected chi connectivity index (χ4v) is 1.33. The zero-order valence-corrected chi connectivity index (χ0v) is 5.79. The van der Waals surface area contributed by atoms with Gasteiger partial charge in [-0.25, -0.2) is 4.98 Å². The van der Waals surface area contributed by atoms with Crippen LogP contribution in [0.5, 0.6) is 0 Å². The van der Waals surface area contributed by atoms with Gasteiger partial charge in [0.1, 0.15) is 7.85 Å². The van der Waals surface area contributed by atoms with Crippen LogP contribution in [0.4, 0.5) is 0 Å². The molecule has 1 aromatic rings. The van der Waals surface area contributed by atoms with E-state index in [-0.39, 0.29) is 0 Å². The Bertz CT molecular complexity index is 147. The van der Waals surface area contributed by atoms with Gasteiger partial charge in [0.05, 0.1) is 0 Å². The molecule has 0 unspecified atom stereocenters. The van der Waals surface area contributed by atoms with Crippen molar-refractivity contribution in [2.45, 2.75) is 0 Å². The predicted octanol–water partition coefficient (Wildman–Crippen LogP) is 0.699. The van der Waals surface area contributed by atoms with Crippen LogP contribution in [-0.2, 0) is 0 Å². The van der Waals surface area contributed by atoms with Crippen molar-refractivity contribution < 1.29 is 0 Å². The lowest BCUT2D eigenvalue weighted by molar-refractivity contribution is 1.39. The fraction of sp³-hybridized carbons (Fsp3) is 0. The molecule has 0 atom stereocenters. The molecule has 1 nitrogen and oxygen atoms in total. The van der Waals surface area contributed by atoms with Crippen molar-refractivity contribution in [2.24, 2.45) is 0 Å². The standard InChI is InChI=1S/C3HBBrNS/c4-2-1-6-3(5)7-2/h1H. The summed E-state index contributed by atoms with van der Waals surface area (Å²) in [4.78, 5) is 3.83. The van der Waals surface area contributed by atoms with Gasteiger partial charge in [0.2, 0.25) is 0 Å². The lowest BCUT2D eigenvalue weighted by Gasteiger charge is -1.66. The van der Waals surface area contributed by atoms with Gasteiger partial charge in [0.15, 0.2) is 3.92 Å². The van der Waals surface area contributed by atoms with Gasteiger partial charge in [0, 0.05) is 6.20 Å². The Hall–Kier alpha value is 0.175. The topological polar surface area (TPSA) is 12.9 Å². The molecule has 7 heavy (non-hydrogen) atoms. The van der Waals surface area contributed by atoms with Crippen LogP contribution < -0.4 is 4.78 Å². The molecule has 0 aliphatic rings. The molecule has 0 aromatic carbocycles. The van der Waals surface area contributed by atoms with Gasteiger partial charge in [-0.05, 0) is 20.7 Å². The Morgan fingerprint density at radius 1 is 1.86 bits per heavy atom. The lowest BCUT2D eigenvalue weighted by atomic mass is 10.1. The Morgan fingerprint density at radius 3 is 2.71 bits per heavy atom. The number of hydrogen-bond acceptors (Lipinski definition) is 2. The maximum Gasteiger partial charge on any atom is 0.158 e. The summed E-state index contributed by atoms with van der Waals surface area (Å²) in [6, 6.07) is 0. The van der Waals surface area contributed by atoms with Crippen molar-refractivity contribution in [1.29, 1.82) is 0 Å². The van der Waals surface area contributed by atoms with Crippen molar-refractivity contribution in [3.8, 4) is 0 Å². The minimum Gasteiger partial charge on any atom is -0.238 e. The average molecular weight is 174 g/mol. The van der Waals surface area contributed by atoms with E-state index >= 15 is 0 Å². The van der Waals surface area contributed by atoms with Gasteiger partial charge in [-0.1, -0.05) is 0 Å². The highest BCUT2D eigenvalue weighted by Crippen LogP contribution is 2.07. The van der Waals surface area contributed by atoms with Crippen molar-refractivity contribution in [3.63, 3.8) is 0 Å². The summed E-state index contributed by atoms with van der Waals surface area (Å²) in [5.41, 5.74) is 0. The summed E-state index contributed by atoms with van der Waals surface area (Å²) >= 11 is 4.59. The van der Waals surface area contributed by atoms with Gasteiger partial charge < -0.3 is 0 Å². The molecular weight excluding hydrogens is 173 g/mol. The van der Waals surface area contributed by atoms with Crippen molar-refractivity contribution in [1.82, 2.24) is 4.98 Å². The highest BCUT2D eigenvalue weighted by molar-refractivity contribution is 9.11. The smallest absolute Gasteiger partial charge is 0.158 e. The number of rotatable bonds is 0. The maximum absolute atomic E-state index is 5.30. The zero-order valence-electron chi connectivity index (χ0n) is 3.39. The van der Waals surface area contributed by atoms with Crippen LogP contribution in [-0.4, -0.2) is 12.8 Å². The largest absolute Gasteiger partial charge is 0.238 e. The first-order valence-electron chi connectivity index (χ1n) is 1.66. The Labute approximate surface area is 55.3 Å². The van der Waals surface area contributed by atoms with Crippen molar-refractivity contribution in [3.05, 3.63) is 10.1 Å². The molecule has 1 aromatic heterocycles. The molecule has 0 saturated carbocycles. The molecule has 0 saturated heterocycles. The SMILES string of the molecule is [B]c1cnc(Br)s1. The highest BCUT2D eigenvalue weighted by atomic mass is 79.9. The molecule has 34 valence electrons. The summed E-state index contributed by atoms with van der Waals surface area (Å²) in [5, 5.41) is 0. The molecule has 0 N–H and O–H groups in total. The summed E-state index contributed by atoms with van der Waals surface area (Å²) in [6.07, 6.45) is 1.62. The number of nitrogens with zero attached hydrogens (tertiary/aromatic N) is 1. The zero-order chi connectivity index (χ0) is 5.28. The summed E-state index contributed by atoms with van der Waals surface area (Å²) in [7, 11) is 5.30. The maximum atomic E-state index is 5.30. The molecule has 0 spiro atoms. The molecule has 2 radical (unpaired) electrons. The van der Waals surface area contributed by atoms with E-state index in [0.29, 0.717) is 0 Å². The second-order valence-electron chi connectivity index (χ2n) is 1.02. The van der Waals surface area contributed by atoms with Crippen LogP contribution in [0.2, 0.25) is 0 Å². The van der Waals surface area contributed by atoms with Crippen LogP contribution >= 0.6 is 27.3 Å². The van der Waals surface area contributed by atoms with E-state index in [1.54, 1.807) is 6.20 Å². The number of thiazole rings is 1. The number of halogens is 1. The fourth-order valence-electron chi connectivity index (χ4n) is 0.264. The monoisotopic (exact) mass is 173 g/mol. The highest BCUT2D eigenvalue weighted by Gasteiger charge is 1.87. The summed E-state index contributed by atoms with van der Waals surface area (Å²) < 4.78 is 1.58.